The summed E-state index contributed by atoms with van der Waals surface area (Å²) >= 11 is 0. The number of aryl methyl sites for hydroxylation is 2. The lowest BCUT2D eigenvalue weighted by atomic mass is 9.77. The Kier molecular flexibility index (Phi) is 4.69. The van der Waals surface area contributed by atoms with Crippen LogP contribution in [-0.4, -0.2) is 54.5 Å². The minimum atomic E-state index is -0.0918. The number of ether oxygens (including phenoxy) is 1. The molecule has 1 aliphatic carbocycles. The van der Waals surface area contributed by atoms with Crippen molar-refractivity contribution in [2.75, 3.05) is 6.54 Å². The van der Waals surface area contributed by atoms with E-state index in [-0.39, 0.29) is 18.1 Å². The van der Waals surface area contributed by atoms with Crippen LogP contribution in [0.1, 0.15) is 41.0 Å². The summed E-state index contributed by atoms with van der Waals surface area (Å²) in [4.78, 5) is 26.0. The van der Waals surface area contributed by atoms with E-state index >= 15 is 0 Å². The maximum Gasteiger partial charge on any atom is 0.275 e. The molecule has 8 heteroatoms. The molecule has 3 atom stereocenters. The molecule has 0 spiro atoms. The van der Waals surface area contributed by atoms with Crippen LogP contribution in [0.2, 0.25) is 0 Å². The lowest BCUT2D eigenvalue weighted by Gasteiger charge is -2.49. The zero-order valence-corrected chi connectivity index (χ0v) is 17.1. The Morgan fingerprint density at radius 3 is 2.67 bits per heavy atom. The minimum Gasteiger partial charge on any atom is -0.472 e. The number of hydrogen-bond acceptors (Lipinski definition) is 6. The molecule has 5 heterocycles. The summed E-state index contributed by atoms with van der Waals surface area (Å²) < 4.78 is 6.23. The van der Waals surface area contributed by atoms with Crippen molar-refractivity contribution in [3.63, 3.8) is 0 Å². The molecule has 0 aromatic carbocycles. The van der Waals surface area contributed by atoms with Crippen LogP contribution in [0.3, 0.4) is 0 Å². The molecular weight excluding hydrogens is 380 g/mol. The van der Waals surface area contributed by atoms with E-state index in [0.29, 0.717) is 23.2 Å². The fraction of sp³-hybridized carbons (Fsp3) is 0.409. The third kappa shape index (κ3) is 3.42. The first-order chi connectivity index (χ1) is 14.6. The van der Waals surface area contributed by atoms with Gasteiger partial charge in [-0.1, -0.05) is 6.07 Å². The molecule has 1 saturated carbocycles. The molecule has 1 amide bonds. The molecule has 0 N–H and O–H groups in total. The van der Waals surface area contributed by atoms with Gasteiger partial charge in [-0.2, -0.15) is 10.2 Å². The number of nitrogens with zero attached hydrogens (tertiary/aromatic N) is 6. The second-order valence-electron chi connectivity index (χ2n) is 8.17. The summed E-state index contributed by atoms with van der Waals surface area (Å²) in [5.41, 5.74) is 2.85. The predicted octanol–water partition coefficient (Wildman–Crippen LogP) is 2.75. The van der Waals surface area contributed by atoms with Crippen LogP contribution in [-0.2, 0) is 0 Å². The zero-order chi connectivity index (χ0) is 20.7. The summed E-state index contributed by atoms with van der Waals surface area (Å²) in [5, 5.41) is 8.38. The van der Waals surface area contributed by atoms with Crippen molar-refractivity contribution in [1.29, 1.82) is 0 Å². The van der Waals surface area contributed by atoms with Crippen molar-refractivity contribution in [1.82, 2.24) is 29.9 Å². The van der Waals surface area contributed by atoms with Crippen molar-refractivity contribution in [3.8, 4) is 11.6 Å². The summed E-state index contributed by atoms with van der Waals surface area (Å²) in [5.74, 6) is 0.942. The van der Waals surface area contributed by atoms with Crippen molar-refractivity contribution in [3.05, 3.63) is 59.8 Å². The third-order valence-electron chi connectivity index (χ3n) is 5.99. The summed E-state index contributed by atoms with van der Waals surface area (Å²) in [6.45, 7) is 4.61. The topological polar surface area (TPSA) is 86.0 Å². The second kappa shape index (κ2) is 7.51. The van der Waals surface area contributed by atoms with Gasteiger partial charge in [0.15, 0.2) is 5.69 Å². The normalized spacial score (nSPS) is 22.9. The second-order valence-corrected chi connectivity index (χ2v) is 8.17. The molecule has 2 aliphatic heterocycles. The van der Waals surface area contributed by atoms with E-state index in [9.17, 15) is 4.79 Å². The van der Waals surface area contributed by atoms with Crippen molar-refractivity contribution < 1.29 is 9.53 Å². The third-order valence-corrected chi connectivity index (χ3v) is 5.99. The Hall–Kier alpha value is -3.29. The average molecular weight is 404 g/mol. The van der Waals surface area contributed by atoms with Crippen LogP contribution < -0.4 is 4.74 Å². The number of hydrogen-bond donors (Lipinski definition) is 0. The fourth-order valence-electron chi connectivity index (χ4n) is 4.52. The summed E-state index contributed by atoms with van der Waals surface area (Å²) in [6, 6.07) is 7.61. The van der Waals surface area contributed by atoms with Gasteiger partial charge in [-0.3, -0.25) is 4.79 Å². The molecule has 2 bridgehead atoms. The maximum absolute atomic E-state index is 13.6. The van der Waals surface area contributed by atoms with Crippen LogP contribution in [0.5, 0.6) is 5.88 Å². The number of carbonyl (C=O) groups is 1. The highest BCUT2D eigenvalue weighted by molar-refractivity contribution is 5.96. The Bertz CT molecular complexity index is 1050. The van der Waals surface area contributed by atoms with Crippen LogP contribution in [0.4, 0.5) is 0 Å². The van der Waals surface area contributed by atoms with Crippen molar-refractivity contribution in [2.45, 2.75) is 45.3 Å². The van der Waals surface area contributed by atoms with Crippen LogP contribution in [0, 0.1) is 19.8 Å². The zero-order valence-electron chi connectivity index (χ0n) is 17.1. The molecule has 0 radical (unpaired) electrons. The lowest BCUT2D eigenvalue weighted by Crippen LogP contribution is -2.59. The highest BCUT2D eigenvalue weighted by Gasteiger charge is 2.45. The lowest BCUT2D eigenvalue weighted by molar-refractivity contribution is -0.0316. The number of piperidine rings is 2. The van der Waals surface area contributed by atoms with Gasteiger partial charge in [0.25, 0.3) is 5.91 Å². The molecule has 8 nitrogen and oxygen atoms in total. The van der Waals surface area contributed by atoms with Gasteiger partial charge in [0, 0.05) is 24.5 Å². The van der Waals surface area contributed by atoms with Crippen LogP contribution >= 0.6 is 0 Å². The predicted molar refractivity (Wildman–Crippen MR) is 109 cm³/mol. The van der Waals surface area contributed by atoms with Gasteiger partial charge in [-0.15, -0.1) is 4.80 Å². The fourth-order valence-corrected chi connectivity index (χ4v) is 4.52. The molecule has 154 valence electrons. The SMILES string of the molecule is Cc1ccc(O[C@@H]2C[C@H]3CC[C@@H]2N(C(=O)c2nc(C)ccc2-n2nccn2)C3)nc1. The standard InChI is InChI=1S/C22H24N6O2/c1-14-3-8-20(23-12-14)30-19-11-16-5-7-17(19)27(13-16)22(29)21-18(6-4-15(2)26-21)28-24-9-10-25-28/h3-4,6,8-10,12,16-17,19H,5,7,11,13H2,1-2H3/t16-,17+,19-/m1/s1. The van der Waals surface area contributed by atoms with E-state index in [1.807, 2.05) is 43.0 Å². The average Bonchev–Trinajstić information content (AvgIpc) is 3.30. The first-order valence-electron chi connectivity index (χ1n) is 10.3. The number of fused-ring (bicyclic) bond motifs is 3. The van der Waals surface area contributed by atoms with Gasteiger partial charge in [0.1, 0.15) is 11.8 Å². The molecule has 30 heavy (non-hydrogen) atoms. The van der Waals surface area contributed by atoms with E-state index < -0.39 is 0 Å². The molecule has 2 saturated heterocycles. The Morgan fingerprint density at radius 2 is 1.93 bits per heavy atom. The molecule has 3 fully saturated rings. The van der Waals surface area contributed by atoms with Gasteiger partial charge >= 0.3 is 0 Å². The number of amides is 1. The van der Waals surface area contributed by atoms with Gasteiger partial charge in [-0.25, -0.2) is 9.97 Å². The quantitative estimate of drug-likeness (QED) is 0.665. The first-order valence-corrected chi connectivity index (χ1v) is 10.3. The number of pyridine rings is 2. The number of rotatable bonds is 4. The van der Waals surface area contributed by atoms with Gasteiger partial charge in [-0.05, 0) is 56.7 Å². The van der Waals surface area contributed by atoms with Crippen molar-refractivity contribution >= 4 is 5.91 Å². The van der Waals surface area contributed by atoms with Gasteiger partial charge in [0.2, 0.25) is 5.88 Å². The largest absolute Gasteiger partial charge is 0.472 e. The highest BCUT2D eigenvalue weighted by atomic mass is 16.5. The molecule has 3 aromatic heterocycles. The van der Waals surface area contributed by atoms with Gasteiger partial charge in [0.05, 0.1) is 18.4 Å². The van der Waals surface area contributed by atoms with Crippen molar-refractivity contribution in [2.24, 2.45) is 5.92 Å². The van der Waals surface area contributed by atoms with E-state index in [4.69, 9.17) is 4.74 Å². The van der Waals surface area contributed by atoms with Gasteiger partial charge < -0.3 is 9.64 Å². The highest BCUT2D eigenvalue weighted by Crippen LogP contribution is 2.38. The summed E-state index contributed by atoms with van der Waals surface area (Å²) in [7, 11) is 0. The Balaban J connectivity index is 1.44. The molecule has 3 aromatic rings. The monoisotopic (exact) mass is 404 g/mol. The minimum absolute atomic E-state index is 0.00588. The van der Waals surface area contributed by atoms with Crippen LogP contribution in [0.25, 0.3) is 5.69 Å². The molecule has 0 unspecified atom stereocenters. The van der Waals surface area contributed by atoms with E-state index in [1.54, 1.807) is 18.6 Å². The van der Waals surface area contributed by atoms with E-state index in [1.165, 1.54) is 4.80 Å². The van der Waals surface area contributed by atoms with Crippen LogP contribution in [0.15, 0.2) is 42.9 Å². The van der Waals surface area contributed by atoms with E-state index in [2.05, 4.69) is 20.2 Å². The summed E-state index contributed by atoms with van der Waals surface area (Å²) in [6.07, 6.45) is 7.91. The Morgan fingerprint density at radius 1 is 1.10 bits per heavy atom. The maximum atomic E-state index is 13.6. The number of aromatic nitrogens is 5. The van der Waals surface area contributed by atoms with E-state index in [0.717, 1.165) is 37.1 Å². The first kappa shape index (κ1) is 18.7. The molecular formula is C22H24N6O2. The Labute approximate surface area is 174 Å². The molecule has 3 aliphatic rings. The smallest absolute Gasteiger partial charge is 0.275 e. The molecule has 6 rings (SSSR count). The number of carbonyl (C=O) groups excluding carboxylic acids is 1.